The van der Waals surface area contributed by atoms with Crippen molar-refractivity contribution in [1.29, 1.82) is 0 Å². The lowest BCUT2D eigenvalue weighted by atomic mass is 10.5. The molecule has 0 aromatic heterocycles. The van der Waals surface area contributed by atoms with Crippen molar-refractivity contribution in [2.75, 3.05) is 0 Å². The lowest BCUT2D eigenvalue weighted by Crippen LogP contribution is -2.01. The molecule has 8 nitrogen and oxygen atoms in total. The van der Waals surface area contributed by atoms with Gasteiger partial charge < -0.3 is 0 Å². The van der Waals surface area contributed by atoms with E-state index in [0.717, 1.165) is 6.08 Å². The SMILES string of the molecule is C=CC(=CO[N+](=O)[O-])O[N+](=O)[O-]. The summed E-state index contributed by atoms with van der Waals surface area (Å²) < 4.78 is 0. The molecule has 8 heteroatoms. The third-order valence-electron chi connectivity index (χ3n) is 0.636. The maximum atomic E-state index is 9.68. The van der Waals surface area contributed by atoms with Gasteiger partial charge in [-0.25, -0.2) is 0 Å². The minimum absolute atomic E-state index is 0.454. The fourth-order valence-corrected chi connectivity index (χ4v) is 0.288. The molecule has 0 aliphatic rings. The van der Waals surface area contributed by atoms with Crippen LogP contribution in [0.3, 0.4) is 0 Å². The standard InChI is InChI=1S/C4H4N2O6/c1-2-4(12-6(9)10)3-11-5(7)8/h2-3H,1H2. The van der Waals surface area contributed by atoms with Crippen LogP contribution in [0.2, 0.25) is 0 Å². The van der Waals surface area contributed by atoms with E-state index >= 15 is 0 Å². The summed E-state index contributed by atoms with van der Waals surface area (Å²) in [7, 11) is 0. The average Bonchev–Trinajstić information content (AvgIpc) is 1.97. The fourth-order valence-electron chi connectivity index (χ4n) is 0.288. The molecule has 0 aromatic carbocycles. The van der Waals surface area contributed by atoms with Gasteiger partial charge in [0.2, 0.25) is 0 Å². The van der Waals surface area contributed by atoms with Gasteiger partial charge in [-0.3, -0.25) is 9.68 Å². The molecule has 0 saturated carbocycles. The van der Waals surface area contributed by atoms with Gasteiger partial charge in [-0.1, -0.05) is 6.58 Å². The summed E-state index contributed by atoms with van der Waals surface area (Å²) in [5, 5.41) is 17.0. The van der Waals surface area contributed by atoms with E-state index in [9.17, 15) is 20.2 Å². The highest BCUT2D eigenvalue weighted by Crippen LogP contribution is 1.98. The molecule has 0 aliphatic carbocycles. The molecule has 0 aliphatic heterocycles. The van der Waals surface area contributed by atoms with Crippen molar-refractivity contribution >= 4 is 0 Å². The van der Waals surface area contributed by atoms with E-state index in [-0.39, 0.29) is 0 Å². The largest absolute Gasteiger partial charge is 0.299 e. The van der Waals surface area contributed by atoms with Crippen molar-refractivity contribution in [3.05, 3.63) is 44.9 Å². The molecule has 12 heavy (non-hydrogen) atoms. The van der Waals surface area contributed by atoms with Crippen LogP contribution < -0.4 is 0 Å². The van der Waals surface area contributed by atoms with E-state index < -0.39 is 15.9 Å². The van der Waals surface area contributed by atoms with E-state index in [2.05, 4.69) is 16.3 Å². The van der Waals surface area contributed by atoms with Crippen LogP contribution >= 0.6 is 0 Å². The minimum atomic E-state index is -1.15. The number of allylic oxidation sites excluding steroid dienone is 1. The maximum absolute atomic E-state index is 9.68. The first-order valence-electron chi connectivity index (χ1n) is 2.52. The molecular weight excluding hydrogens is 172 g/mol. The number of nitrogens with zero attached hydrogens (tertiary/aromatic N) is 2. The number of hydrogen-bond donors (Lipinski definition) is 0. The van der Waals surface area contributed by atoms with Crippen molar-refractivity contribution < 1.29 is 19.8 Å². The van der Waals surface area contributed by atoms with Crippen LogP contribution in [-0.4, -0.2) is 10.2 Å². The second kappa shape index (κ2) is 4.66. The second-order valence-corrected chi connectivity index (χ2v) is 1.37. The summed E-state index contributed by atoms with van der Waals surface area (Å²) in [6, 6.07) is 0. The van der Waals surface area contributed by atoms with Crippen molar-refractivity contribution in [1.82, 2.24) is 0 Å². The Hall–Kier alpha value is -2.12. The summed E-state index contributed by atoms with van der Waals surface area (Å²) >= 11 is 0. The first kappa shape index (κ1) is 9.88. The summed E-state index contributed by atoms with van der Waals surface area (Å²) in [5.41, 5.74) is 0. The molecule has 0 fully saturated rings. The topological polar surface area (TPSA) is 105 Å². The quantitative estimate of drug-likeness (QED) is 0.260. The third-order valence-corrected chi connectivity index (χ3v) is 0.636. The molecule has 0 heterocycles. The zero-order chi connectivity index (χ0) is 9.56. The molecular formula is C4H4N2O6. The Bertz CT molecular complexity index is 234. The molecule has 0 atom stereocenters. The first-order chi connectivity index (χ1) is 5.56. The molecule has 0 radical (unpaired) electrons. The lowest BCUT2D eigenvalue weighted by molar-refractivity contribution is -0.751. The number of hydrogen-bond acceptors (Lipinski definition) is 6. The molecule has 0 rings (SSSR count). The predicted molar refractivity (Wildman–Crippen MR) is 34.4 cm³/mol. The van der Waals surface area contributed by atoms with Gasteiger partial charge >= 0.3 is 0 Å². The van der Waals surface area contributed by atoms with E-state index in [1.54, 1.807) is 0 Å². The van der Waals surface area contributed by atoms with Crippen LogP contribution in [0, 0.1) is 20.2 Å². The lowest BCUT2D eigenvalue weighted by Gasteiger charge is -1.95. The van der Waals surface area contributed by atoms with Gasteiger partial charge in [-0.2, -0.15) is 0 Å². The van der Waals surface area contributed by atoms with Gasteiger partial charge in [0.15, 0.2) is 0 Å². The Morgan fingerprint density at radius 3 is 2.25 bits per heavy atom. The molecule has 0 N–H and O–H groups in total. The van der Waals surface area contributed by atoms with Gasteiger partial charge in [-0.05, 0) is 6.08 Å². The van der Waals surface area contributed by atoms with E-state index in [1.807, 2.05) is 0 Å². The smallest absolute Gasteiger partial charge is 0.282 e. The third kappa shape index (κ3) is 4.73. The van der Waals surface area contributed by atoms with Gasteiger partial charge in [0.25, 0.3) is 10.2 Å². The van der Waals surface area contributed by atoms with Gasteiger partial charge in [0, 0.05) is 0 Å². The monoisotopic (exact) mass is 176 g/mol. The first-order valence-corrected chi connectivity index (χ1v) is 2.52. The highest BCUT2D eigenvalue weighted by atomic mass is 17.0. The second-order valence-electron chi connectivity index (χ2n) is 1.37. The van der Waals surface area contributed by atoms with Crippen molar-refractivity contribution in [3.63, 3.8) is 0 Å². The molecule has 66 valence electrons. The zero-order valence-electron chi connectivity index (χ0n) is 5.71. The Morgan fingerprint density at radius 1 is 1.33 bits per heavy atom. The Labute approximate surface area is 65.9 Å². The van der Waals surface area contributed by atoms with Gasteiger partial charge in [0.05, 0.1) is 0 Å². The molecule has 0 spiro atoms. The van der Waals surface area contributed by atoms with Crippen LogP contribution in [0.15, 0.2) is 24.7 Å². The zero-order valence-corrected chi connectivity index (χ0v) is 5.71. The van der Waals surface area contributed by atoms with Crippen molar-refractivity contribution in [2.24, 2.45) is 0 Å². The summed E-state index contributed by atoms with van der Waals surface area (Å²) in [6.07, 6.45) is 1.35. The van der Waals surface area contributed by atoms with E-state index in [0.29, 0.717) is 6.26 Å². The summed E-state index contributed by atoms with van der Waals surface area (Å²) in [4.78, 5) is 26.7. The predicted octanol–water partition coefficient (Wildman–Crippen LogP) is 0.430. The highest BCUT2D eigenvalue weighted by molar-refractivity contribution is 5.03. The maximum Gasteiger partial charge on any atom is 0.299 e. The van der Waals surface area contributed by atoms with Crippen molar-refractivity contribution in [3.8, 4) is 0 Å². The van der Waals surface area contributed by atoms with E-state index in [1.165, 1.54) is 0 Å². The van der Waals surface area contributed by atoms with Crippen LogP contribution in [0.1, 0.15) is 0 Å². The Kier molecular flexibility index (Phi) is 3.84. The van der Waals surface area contributed by atoms with Crippen LogP contribution in [-0.2, 0) is 9.68 Å². The normalized spacial score (nSPS) is 10.2. The average molecular weight is 176 g/mol. The van der Waals surface area contributed by atoms with Crippen LogP contribution in [0.25, 0.3) is 0 Å². The van der Waals surface area contributed by atoms with Gasteiger partial charge in [-0.15, -0.1) is 20.2 Å². The number of rotatable bonds is 5. The Balaban J connectivity index is 4.13. The molecule has 0 aromatic rings. The molecule has 0 amide bonds. The molecule has 0 unspecified atom stereocenters. The Morgan fingerprint density at radius 2 is 1.92 bits per heavy atom. The van der Waals surface area contributed by atoms with Crippen LogP contribution in [0.5, 0.6) is 0 Å². The van der Waals surface area contributed by atoms with E-state index in [4.69, 9.17) is 0 Å². The summed E-state index contributed by atoms with van der Waals surface area (Å²) in [5.74, 6) is -0.461. The van der Waals surface area contributed by atoms with Crippen LogP contribution in [0.4, 0.5) is 0 Å². The minimum Gasteiger partial charge on any atom is -0.282 e. The highest BCUT2D eigenvalue weighted by Gasteiger charge is 1.99. The summed E-state index contributed by atoms with van der Waals surface area (Å²) in [6.45, 7) is 3.09. The van der Waals surface area contributed by atoms with Crippen molar-refractivity contribution in [2.45, 2.75) is 0 Å². The fraction of sp³-hybridized carbons (Fsp3) is 0. The molecule has 0 bridgehead atoms. The van der Waals surface area contributed by atoms with Gasteiger partial charge in [0.1, 0.15) is 12.0 Å². The molecule has 0 saturated heterocycles.